The zero-order chi connectivity index (χ0) is 10.7. The molecule has 2 rings (SSSR count). The molecule has 15 heavy (non-hydrogen) atoms. The van der Waals surface area contributed by atoms with Gasteiger partial charge in [0.05, 0.1) is 6.54 Å². The van der Waals surface area contributed by atoms with Crippen molar-refractivity contribution in [3.8, 4) is 0 Å². The Hall–Kier alpha value is -1.21. The monoisotopic (exact) mass is 286 g/mol. The van der Waals surface area contributed by atoms with Crippen molar-refractivity contribution < 1.29 is 4.79 Å². The number of aromatic amines is 1. The SMILES string of the molecule is O=C(NCc1ncn[nH]1)c1sccc1Br. The quantitative estimate of drug-likeness (QED) is 0.900. The van der Waals surface area contributed by atoms with Crippen molar-refractivity contribution in [3.63, 3.8) is 0 Å². The Balaban J connectivity index is 1.96. The summed E-state index contributed by atoms with van der Waals surface area (Å²) in [6.07, 6.45) is 1.41. The van der Waals surface area contributed by atoms with Crippen LogP contribution < -0.4 is 5.32 Å². The predicted octanol–water partition coefficient (Wildman–Crippen LogP) is 1.56. The summed E-state index contributed by atoms with van der Waals surface area (Å²) < 4.78 is 0.808. The molecule has 78 valence electrons. The molecule has 0 aliphatic rings. The van der Waals surface area contributed by atoms with Crippen LogP contribution in [0.5, 0.6) is 0 Å². The first-order chi connectivity index (χ1) is 7.27. The van der Waals surface area contributed by atoms with E-state index in [0.29, 0.717) is 17.2 Å². The van der Waals surface area contributed by atoms with Gasteiger partial charge in [0.2, 0.25) is 0 Å². The van der Waals surface area contributed by atoms with Gasteiger partial charge < -0.3 is 5.32 Å². The second kappa shape index (κ2) is 4.54. The maximum atomic E-state index is 11.6. The van der Waals surface area contributed by atoms with E-state index in [0.717, 1.165) is 4.47 Å². The third-order valence-corrected chi connectivity index (χ3v) is 3.54. The third kappa shape index (κ3) is 2.42. The molecule has 7 heteroatoms. The molecule has 2 N–H and O–H groups in total. The molecule has 0 saturated carbocycles. The number of carbonyl (C=O) groups excluding carboxylic acids is 1. The lowest BCUT2D eigenvalue weighted by atomic mass is 10.4. The van der Waals surface area contributed by atoms with Crippen LogP contribution in [0.15, 0.2) is 22.2 Å². The third-order valence-electron chi connectivity index (χ3n) is 1.70. The van der Waals surface area contributed by atoms with Crippen LogP contribution in [0, 0.1) is 0 Å². The Morgan fingerprint density at radius 3 is 3.13 bits per heavy atom. The van der Waals surface area contributed by atoms with Crippen LogP contribution in [0.4, 0.5) is 0 Å². The minimum atomic E-state index is -0.117. The number of aromatic nitrogens is 3. The predicted molar refractivity (Wildman–Crippen MR) is 59.6 cm³/mol. The van der Waals surface area contributed by atoms with Crippen LogP contribution in [0.1, 0.15) is 15.5 Å². The standard InChI is InChI=1S/C8H7BrN4OS/c9-5-1-2-15-7(5)8(14)10-3-6-11-4-12-13-6/h1-2,4H,3H2,(H,10,14)(H,11,12,13). The number of halogens is 1. The molecular formula is C8H7BrN4OS. The molecule has 0 aromatic carbocycles. The number of carbonyl (C=O) groups is 1. The van der Waals surface area contributed by atoms with E-state index >= 15 is 0 Å². The molecule has 0 bridgehead atoms. The van der Waals surface area contributed by atoms with Gasteiger partial charge in [-0.15, -0.1) is 11.3 Å². The fraction of sp³-hybridized carbons (Fsp3) is 0.125. The minimum absolute atomic E-state index is 0.117. The minimum Gasteiger partial charge on any atom is -0.344 e. The van der Waals surface area contributed by atoms with Crippen molar-refractivity contribution >= 4 is 33.2 Å². The maximum absolute atomic E-state index is 11.6. The van der Waals surface area contributed by atoms with Crippen LogP contribution in [-0.4, -0.2) is 21.1 Å². The van der Waals surface area contributed by atoms with Gasteiger partial charge in [-0.25, -0.2) is 4.98 Å². The zero-order valence-corrected chi connectivity index (χ0v) is 9.93. The molecule has 0 spiro atoms. The Bertz CT molecular complexity index is 453. The van der Waals surface area contributed by atoms with Gasteiger partial charge in [0, 0.05) is 4.47 Å². The molecule has 2 heterocycles. The second-order valence-corrected chi connectivity index (χ2v) is 4.48. The first kappa shape index (κ1) is 10.3. The molecule has 2 aromatic heterocycles. The van der Waals surface area contributed by atoms with E-state index in [2.05, 4.69) is 36.4 Å². The molecular weight excluding hydrogens is 280 g/mol. The largest absolute Gasteiger partial charge is 0.344 e. The molecule has 0 fully saturated rings. The number of H-pyrrole nitrogens is 1. The lowest BCUT2D eigenvalue weighted by Crippen LogP contribution is -2.22. The van der Waals surface area contributed by atoms with Gasteiger partial charge in [-0.3, -0.25) is 9.89 Å². The summed E-state index contributed by atoms with van der Waals surface area (Å²) in [4.78, 5) is 16.2. The number of nitrogens with zero attached hydrogens (tertiary/aromatic N) is 2. The molecule has 0 atom stereocenters. The van der Waals surface area contributed by atoms with Crippen molar-refractivity contribution in [1.29, 1.82) is 0 Å². The fourth-order valence-electron chi connectivity index (χ4n) is 1.02. The van der Waals surface area contributed by atoms with Gasteiger partial charge in [-0.1, -0.05) is 0 Å². The van der Waals surface area contributed by atoms with Gasteiger partial charge in [-0.05, 0) is 27.4 Å². The summed E-state index contributed by atoms with van der Waals surface area (Å²) in [7, 11) is 0. The van der Waals surface area contributed by atoms with Crippen molar-refractivity contribution in [3.05, 3.63) is 32.9 Å². The Kier molecular flexibility index (Phi) is 3.12. The van der Waals surface area contributed by atoms with E-state index in [1.807, 2.05) is 11.4 Å². The van der Waals surface area contributed by atoms with Crippen molar-refractivity contribution in [2.75, 3.05) is 0 Å². The molecule has 2 aromatic rings. The van der Waals surface area contributed by atoms with E-state index in [-0.39, 0.29) is 5.91 Å². The highest BCUT2D eigenvalue weighted by Crippen LogP contribution is 2.22. The normalized spacial score (nSPS) is 10.2. The lowest BCUT2D eigenvalue weighted by molar-refractivity contribution is 0.0953. The highest BCUT2D eigenvalue weighted by Gasteiger charge is 2.11. The second-order valence-electron chi connectivity index (χ2n) is 2.71. The number of hydrogen-bond acceptors (Lipinski definition) is 4. The van der Waals surface area contributed by atoms with Crippen molar-refractivity contribution in [2.24, 2.45) is 0 Å². The topological polar surface area (TPSA) is 70.7 Å². The van der Waals surface area contributed by atoms with E-state index in [1.165, 1.54) is 17.7 Å². The van der Waals surface area contributed by atoms with Gasteiger partial charge >= 0.3 is 0 Å². The van der Waals surface area contributed by atoms with Gasteiger partial charge in [0.15, 0.2) is 0 Å². The van der Waals surface area contributed by atoms with Gasteiger partial charge in [0.1, 0.15) is 17.0 Å². The highest BCUT2D eigenvalue weighted by molar-refractivity contribution is 9.10. The first-order valence-electron chi connectivity index (χ1n) is 4.13. The summed E-state index contributed by atoms with van der Waals surface area (Å²) >= 11 is 4.69. The maximum Gasteiger partial charge on any atom is 0.262 e. The van der Waals surface area contributed by atoms with Crippen molar-refractivity contribution in [2.45, 2.75) is 6.54 Å². The van der Waals surface area contributed by atoms with E-state index < -0.39 is 0 Å². The fourth-order valence-corrected chi connectivity index (χ4v) is 2.48. The summed E-state index contributed by atoms with van der Waals surface area (Å²) in [6, 6.07) is 1.84. The average molecular weight is 287 g/mol. The van der Waals surface area contributed by atoms with Crippen LogP contribution in [0.25, 0.3) is 0 Å². The van der Waals surface area contributed by atoms with Crippen molar-refractivity contribution in [1.82, 2.24) is 20.5 Å². The van der Waals surface area contributed by atoms with Crippen LogP contribution in [0.2, 0.25) is 0 Å². The Labute approximate surface area is 98.1 Å². The van der Waals surface area contributed by atoms with E-state index in [4.69, 9.17) is 0 Å². The molecule has 0 aliphatic carbocycles. The molecule has 0 radical (unpaired) electrons. The summed E-state index contributed by atoms with van der Waals surface area (Å²) in [5.74, 6) is 0.518. The number of rotatable bonds is 3. The Morgan fingerprint density at radius 1 is 1.67 bits per heavy atom. The molecule has 0 saturated heterocycles. The first-order valence-corrected chi connectivity index (χ1v) is 5.80. The Morgan fingerprint density at radius 2 is 2.53 bits per heavy atom. The summed E-state index contributed by atoms with van der Waals surface area (Å²) in [5, 5.41) is 10.9. The van der Waals surface area contributed by atoms with E-state index in [9.17, 15) is 4.79 Å². The number of hydrogen-bond donors (Lipinski definition) is 2. The van der Waals surface area contributed by atoms with Gasteiger partial charge in [0.25, 0.3) is 5.91 Å². The molecule has 0 unspecified atom stereocenters. The van der Waals surface area contributed by atoms with Crippen LogP contribution in [0.3, 0.4) is 0 Å². The summed E-state index contributed by atoms with van der Waals surface area (Å²) in [6.45, 7) is 0.350. The molecule has 0 aliphatic heterocycles. The number of nitrogens with one attached hydrogen (secondary N) is 2. The van der Waals surface area contributed by atoms with Gasteiger partial charge in [-0.2, -0.15) is 5.10 Å². The lowest BCUT2D eigenvalue weighted by Gasteiger charge is -2.00. The smallest absolute Gasteiger partial charge is 0.262 e. The molecule has 1 amide bonds. The number of amides is 1. The summed E-state index contributed by atoms with van der Waals surface area (Å²) in [5.41, 5.74) is 0. The van der Waals surface area contributed by atoms with Crippen LogP contribution in [-0.2, 0) is 6.54 Å². The number of thiophene rings is 1. The average Bonchev–Trinajstić information content (AvgIpc) is 2.84. The van der Waals surface area contributed by atoms with E-state index in [1.54, 1.807) is 0 Å². The highest BCUT2D eigenvalue weighted by atomic mass is 79.9. The molecule has 5 nitrogen and oxygen atoms in total. The van der Waals surface area contributed by atoms with Crippen LogP contribution >= 0.6 is 27.3 Å². The zero-order valence-electron chi connectivity index (χ0n) is 7.53.